The maximum atomic E-state index is 11.4. The number of hydrogen-bond acceptors (Lipinski definition) is 3. The van der Waals surface area contributed by atoms with Gasteiger partial charge in [0, 0.05) is 24.6 Å². The molecule has 3 heteroatoms. The van der Waals surface area contributed by atoms with E-state index in [4.69, 9.17) is 4.74 Å². The Morgan fingerprint density at radius 3 is 2.92 bits per heavy atom. The Kier molecular flexibility index (Phi) is 3.58. The molecule has 0 N–H and O–H groups in total. The van der Waals surface area contributed by atoms with Crippen molar-refractivity contribution in [1.82, 2.24) is 4.98 Å². The van der Waals surface area contributed by atoms with E-state index in [0.29, 0.717) is 12.2 Å². The summed E-state index contributed by atoms with van der Waals surface area (Å²) >= 11 is 0. The number of nitrogens with zero attached hydrogens (tertiary/aromatic N) is 1. The summed E-state index contributed by atoms with van der Waals surface area (Å²) in [6.07, 6.45) is 3.28. The lowest BCUT2D eigenvalue weighted by molar-refractivity contribution is 0.0783. The first-order valence-corrected chi connectivity index (χ1v) is 4.26. The third-order valence-electron chi connectivity index (χ3n) is 1.63. The van der Waals surface area contributed by atoms with E-state index in [1.165, 1.54) is 0 Å². The molecular weight excluding hydrogens is 166 g/mol. The summed E-state index contributed by atoms with van der Waals surface area (Å²) in [4.78, 5) is 15.3. The monoisotopic (exact) mass is 179 g/mol. The highest BCUT2D eigenvalue weighted by atomic mass is 16.5. The van der Waals surface area contributed by atoms with Crippen molar-refractivity contribution in [3.05, 3.63) is 29.6 Å². The van der Waals surface area contributed by atoms with E-state index in [9.17, 15) is 4.79 Å². The van der Waals surface area contributed by atoms with Crippen molar-refractivity contribution in [2.45, 2.75) is 13.8 Å². The molecule has 3 nitrogen and oxygen atoms in total. The van der Waals surface area contributed by atoms with E-state index in [2.05, 4.69) is 4.98 Å². The summed E-state index contributed by atoms with van der Waals surface area (Å²) < 4.78 is 5.01. The molecule has 0 bridgehead atoms. The largest absolute Gasteiger partial charge is 0.374 e. The first kappa shape index (κ1) is 9.86. The molecule has 1 rings (SSSR count). The molecule has 0 saturated heterocycles. The van der Waals surface area contributed by atoms with Crippen molar-refractivity contribution >= 4 is 5.78 Å². The number of rotatable bonds is 4. The summed E-state index contributed by atoms with van der Waals surface area (Å²) in [6.45, 7) is 4.47. The van der Waals surface area contributed by atoms with Crippen molar-refractivity contribution in [2.24, 2.45) is 0 Å². The fourth-order valence-corrected chi connectivity index (χ4v) is 0.986. The highest BCUT2D eigenvalue weighted by molar-refractivity contribution is 5.96. The Bertz CT molecular complexity index is 297. The maximum absolute atomic E-state index is 11.4. The molecule has 0 saturated carbocycles. The predicted molar refractivity (Wildman–Crippen MR) is 49.8 cm³/mol. The van der Waals surface area contributed by atoms with Crippen LogP contribution in [0.3, 0.4) is 0 Å². The second kappa shape index (κ2) is 4.72. The van der Waals surface area contributed by atoms with Gasteiger partial charge in [-0.1, -0.05) is 0 Å². The van der Waals surface area contributed by atoms with E-state index < -0.39 is 0 Å². The fraction of sp³-hybridized carbons (Fsp3) is 0.400. The Labute approximate surface area is 77.8 Å². The van der Waals surface area contributed by atoms with Gasteiger partial charge in [0.1, 0.15) is 6.61 Å². The molecule has 0 fully saturated rings. The van der Waals surface area contributed by atoms with Crippen LogP contribution in [0.4, 0.5) is 0 Å². The van der Waals surface area contributed by atoms with Gasteiger partial charge < -0.3 is 4.74 Å². The maximum Gasteiger partial charge on any atom is 0.190 e. The summed E-state index contributed by atoms with van der Waals surface area (Å²) in [6, 6.07) is 1.81. The molecule has 0 aliphatic rings. The first-order valence-electron chi connectivity index (χ1n) is 4.26. The molecule has 0 radical (unpaired) electrons. The van der Waals surface area contributed by atoms with Crippen LogP contribution < -0.4 is 0 Å². The smallest absolute Gasteiger partial charge is 0.190 e. The zero-order valence-electron chi connectivity index (χ0n) is 7.91. The van der Waals surface area contributed by atoms with Crippen LogP contribution in [0.15, 0.2) is 18.5 Å². The average molecular weight is 179 g/mol. The minimum absolute atomic E-state index is 0.0157. The highest BCUT2D eigenvalue weighted by Gasteiger charge is 2.05. The molecule has 70 valence electrons. The summed E-state index contributed by atoms with van der Waals surface area (Å²) in [7, 11) is 0. The van der Waals surface area contributed by atoms with E-state index in [1.54, 1.807) is 12.4 Å². The van der Waals surface area contributed by atoms with Gasteiger partial charge in [0.25, 0.3) is 0 Å². The topological polar surface area (TPSA) is 39.2 Å². The van der Waals surface area contributed by atoms with Gasteiger partial charge in [-0.3, -0.25) is 9.78 Å². The van der Waals surface area contributed by atoms with Crippen molar-refractivity contribution in [2.75, 3.05) is 13.2 Å². The molecule has 0 atom stereocenters. The van der Waals surface area contributed by atoms with Gasteiger partial charge in [-0.2, -0.15) is 0 Å². The van der Waals surface area contributed by atoms with Crippen LogP contribution in [-0.2, 0) is 4.74 Å². The third-order valence-corrected chi connectivity index (χ3v) is 1.63. The van der Waals surface area contributed by atoms with Crippen molar-refractivity contribution in [1.29, 1.82) is 0 Å². The van der Waals surface area contributed by atoms with Gasteiger partial charge in [0.05, 0.1) is 0 Å². The number of ether oxygens (including phenoxy) is 1. The zero-order chi connectivity index (χ0) is 9.68. The number of aromatic nitrogens is 1. The minimum Gasteiger partial charge on any atom is -0.374 e. The molecule has 13 heavy (non-hydrogen) atoms. The zero-order valence-corrected chi connectivity index (χ0v) is 7.91. The number of pyridine rings is 1. The summed E-state index contributed by atoms with van der Waals surface area (Å²) in [5.74, 6) is -0.0157. The molecule has 0 aromatic carbocycles. The fourth-order valence-electron chi connectivity index (χ4n) is 0.986. The van der Waals surface area contributed by atoms with Crippen LogP contribution in [-0.4, -0.2) is 24.0 Å². The predicted octanol–water partition coefficient (Wildman–Crippen LogP) is 1.61. The first-order chi connectivity index (χ1) is 6.24. The van der Waals surface area contributed by atoms with Crippen molar-refractivity contribution < 1.29 is 9.53 Å². The van der Waals surface area contributed by atoms with Gasteiger partial charge in [0.15, 0.2) is 5.78 Å². The minimum atomic E-state index is -0.0157. The lowest BCUT2D eigenvalue weighted by atomic mass is 10.1. The van der Waals surface area contributed by atoms with Crippen LogP contribution in [0, 0.1) is 6.92 Å². The summed E-state index contributed by atoms with van der Waals surface area (Å²) in [5, 5.41) is 0. The van der Waals surface area contributed by atoms with Gasteiger partial charge in [-0.05, 0) is 25.5 Å². The Balaban J connectivity index is 2.66. The van der Waals surface area contributed by atoms with Crippen LogP contribution in [0.2, 0.25) is 0 Å². The number of ketones is 1. The molecule has 0 aliphatic carbocycles. The SMILES string of the molecule is CCOCC(=O)c1cncc(C)c1. The van der Waals surface area contributed by atoms with Gasteiger partial charge in [-0.25, -0.2) is 0 Å². The summed E-state index contributed by atoms with van der Waals surface area (Å²) in [5.41, 5.74) is 1.61. The molecule has 1 aromatic rings. The quantitative estimate of drug-likeness (QED) is 0.659. The normalized spacial score (nSPS) is 10.0. The number of aryl methyl sites for hydroxylation is 1. The molecular formula is C10H13NO2. The number of hydrogen-bond donors (Lipinski definition) is 0. The van der Waals surface area contributed by atoms with Crippen LogP contribution in [0.1, 0.15) is 22.8 Å². The van der Waals surface area contributed by atoms with E-state index in [0.717, 1.165) is 5.56 Å². The van der Waals surface area contributed by atoms with Gasteiger partial charge in [0.2, 0.25) is 0 Å². The standard InChI is InChI=1S/C10H13NO2/c1-3-13-7-10(12)9-4-8(2)5-11-6-9/h4-6H,3,7H2,1-2H3. The Morgan fingerprint density at radius 1 is 1.54 bits per heavy atom. The van der Waals surface area contributed by atoms with Crippen molar-refractivity contribution in [3.63, 3.8) is 0 Å². The van der Waals surface area contributed by atoms with Crippen LogP contribution in [0.25, 0.3) is 0 Å². The van der Waals surface area contributed by atoms with Crippen molar-refractivity contribution in [3.8, 4) is 0 Å². The van der Waals surface area contributed by atoms with E-state index >= 15 is 0 Å². The second-order valence-corrected chi connectivity index (χ2v) is 2.81. The molecule has 0 spiro atoms. The average Bonchev–Trinajstić information content (AvgIpc) is 2.14. The Morgan fingerprint density at radius 2 is 2.31 bits per heavy atom. The molecule has 1 heterocycles. The second-order valence-electron chi connectivity index (χ2n) is 2.81. The highest BCUT2D eigenvalue weighted by Crippen LogP contribution is 2.02. The molecule has 1 aromatic heterocycles. The molecule has 0 amide bonds. The molecule has 0 unspecified atom stereocenters. The van der Waals surface area contributed by atoms with E-state index in [-0.39, 0.29) is 12.4 Å². The van der Waals surface area contributed by atoms with Crippen LogP contribution >= 0.6 is 0 Å². The number of carbonyl (C=O) groups is 1. The van der Waals surface area contributed by atoms with Crippen LogP contribution in [0.5, 0.6) is 0 Å². The van der Waals surface area contributed by atoms with Gasteiger partial charge in [-0.15, -0.1) is 0 Å². The molecule has 0 aliphatic heterocycles. The third kappa shape index (κ3) is 2.95. The Hall–Kier alpha value is -1.22. The lowest BCUT2D eigenvalue weighted by Crippen LogP contribution is -2.09. The van der Waals surface area contributed by atoms with Gasteiger partial charge >= 0.3 is 0 Å². The van der Waals surface area contributed by atoms with E-state index in [1.807, 2.05) is 19.9 Å². The lowest BCUT2D eigenvalue weighted by Gasteiger charge is -2.00. The number of carbonyl (C=O) groups excluding carboxylic acids is 1. The number of Topliss-reactive ketones (excluding diaryl/α,β-unsaturated/α-hetero) is 1.